The van der Waals surface area contributed by atoms with Gasteiger partial charge in [-0.25, -0.2) is 4.79 Å². The van der Waals surface area contributed by atoms with Crippen molar-refractivity contribution in [2.75, 3.05) is 10.0 Å². The Morgan fingerprint density at radius 1 is 0.600 bits per heavy atom. The molecule has 5 heteroatoms. The van der Waals surface area contributed by atoms with Crippen LogP contribution >= 0.6 is 0 Å². The first-order chi connectivity index (χ1) is 12.3. The molecule has 0 spiro atoms. The molecule has 25 heavy (non-hydrogen) atoms. The number of para-hydroxylation sites is 2. The summed E-state index contributed by atoms with van der Waals surface area (Å²) in [6, 6.07) is 28.0. The molecule has 0 unspecified atom stereocenters. The monoisotopic (exact) mass is 328 g/mol. The fraction of sp³-hybridized carbons (Fsp3) is 0. The van der Waals surface area contributed by atoms with Gasteiger partial charge in [-0.15, -0.1) is 10.5 Å². The molecule has 2 amide bonds. The van der Waals surface area contributed by atoms with E-state index in [1.54, 1.807) is 0 Å². The Hall–Kier alpha value is -3.60. The highest BCUT2D eigenvalue weighted by Gasteiger charge is 2.32. The van der Waals surface area contributed by atoms with E-state index in [9.17, 15) is 4.79 Å². The molecule has 4 rings (SSSR count). The fourth-order valence-corrected chi connectivity index (χ4v) is 2.56. The van der Waals surface area contributed by atoms with Gasteiger partial charge < -0.3 is 0 Å². The van der Waals surface area contributed by atoms with E-state index < -0.39 is 0 Å². The number of amidine groups is 1. The Bertz CT molecular complexity index is 895. The van der Waals surface area contributed by atoms with E-state index in [1.807, 2.05) is 91.0 Å². The molecule has 0 fully saturated rings. The van der Waals surface area contributed by atoms with Gasteiger partial charge in [-0.2, -0.15) is 10.0 Å². The number of nitrogens with zero attached hydrogens (tertiary/aromatic N) is 4. The van der Waals surface area contributed by atoms with Crippen molar-refractivity contribution in [3.05, 3.63) is 96.6 Å². The molecule has 5 nitrogen and oxygen atoms in total. The molecule has 0 saturated heterocycles. The lowest BCUT2D eigenvalue weighted by Gasteiger charge is -2.31. The summed E-state index contributed by atoms with van der Waals surface area (Å²) < 4.78 is 0. The Kier molecular flexibility index (Phi) is 3.88. The lowest BCUT2D eigenvalue weighted by molar-refractivity contribution is 0.249. The molecule has 0 atom stereocenters. The minimum absolute atomic E-state index is 0.322. The number of anilines is 2. The molecule has 0 saturated carbocycles. The highest BCUT2D eigenvalue weighted by atomic mass is 16.3. The fourth-order valence-electron chi connectivity index (χ4n) is 2.56. The van der Waals surface area contributed by atoms with Gasteiger partial charge in [0.1, 0.15) is 0 Å². The van der Waals surface area contributed by atoms with Crippen LogP contribution in [0.5, 0.6) is 0 Å². The molecule has 1 aliphatic heterocycles. The number of urea groups is 1. The second kappa shape index (κ2) is 6.49. The molecule has 1 radical (unpaired) electrons. The summed E-state index contributed by atoms with van der Waals surface area (Å²) in [7, 11) is 0. The predicted octanol–water partition coefficient (Wildman–Crippen LogP) is 4.01. The van der Waals surface area contributed by atoms with Crippen LogP contribution in [0.2, 0.25) is 0 Å². The van der Waals surface area contributed by atoms with Crippen LogP contribution in [0.1, 0.15) is 5.56 Å². The molecule has 1 heterocycles. The number of amides is 2. The lowest BCUT2D eigenvalue weighted by atomic mass is 10.2. The number of carbonyl (C=O) groups is 1. The van der Waals surface area contributed by atoms with Gasteiger partial charge in [-0.05, 0) is 24.3 Å². The minimum atomic E-state index is -0.322. The summed E-state index contributed by atoms with van der Waals surface area (Å²) in [5.41, 5.74) is 6.70. The zero-order chi connectivity index (χ0) is 17.1. The Balaban J connectivity index is 1.80. The minimum Gasteiger partial charge on any atom is -0.244 e. The molecule has 121 valence electrons. The normalized spacial score (nSPS) is 14.1. The number of hydrazone groups is 1. The average molecular weight is 328 g/mol. The first kappa shape index (κ1) is 15.0. The molecule has 1 aliphatic rings. The number of benzene rings is 3. The van der Waals surface area contributed by atoms with Crippen molar-refractivity contribution in [3.8, 4) is 0 Å². The molecular weight excluding hydrogens is 313 g/mol. The van der Waals surface area contributed by atoms with Gasteiger partial charge in [0.15, 0.2) is 5.84 Å². The summed E-state index contributed by atoms with van der Waals surface area (Å²) in [6.07, 6.45) is 0. The summed E-state index contributed by atoms with van der Waals surface area (Å²) in [5.74, 6) is 0.480. The van der Waals surface area contributed by atoms with E-state index in [-0.39, 0.29) is 6.03 Å². The summed E-state index contributed by atoms with van der Waals surface area (Å²) in [6.45, 7) is 0. The maximum Gasteiger partial charge on any atom is 0.370 e. The molecule has 0 N–H and O–H groups in total. The highest BCUT2D eigenvalue weighted by Crippen LogP contribution is 2.24. The molecule has 3 aromatic rings. The first-order valence-electron chi connectivity index (χ1n) is 7.93. The van der Waals surface area contributed by atoms with Gasteiger partial charge >= 0.3 is 6.03 Å². The highest BCUT2D eigenvalue weighted by molar-refractivity contribution is 6.12. The van der Waals surface area contributed by atoms with Crippen LogP contribution in [0, 0.1) is 0 Å². The predicted molar refractivity (Wildman–Crippen MR) is 98.4 cm³/mol. The molecule has 0 bridgehead atoms. The van der Waals surface area contributed by atoms with Crippen molar-refractivity contribution in [3.63, 3.8) is 0 Å². The van der Waals surface area contributed by atoms with Gasteiger partial charge in [0.05, 0.1) is 11.4 Å². The van der Waals surface area contributed by atoms with Crippen LogP contribution in [-0.2, 0) is 0 Å². The van der Waals surface area contributed by atoms with E-state index in [0.717, 1.165) is 5.56 Å². The summed E-state index contributed by atoms with van der Waals surface area (Å²) in [4.78, 5) is 13.0. The van der Waals surface area contributed by atoms with E-state index in [0.29, 0.717) is 17.2 Å². The third-order valence-corrected chi connectivity index (χ3v) is 3.79. The zero-order valence-electron chi connectivity index (χ0n) is 13.4. The van der Waals surface area contributed by atoms with Gasteiger partial charge in [0.25, 0.3) is 0 Å². The largest absolute Gasteiger partial charge is 0.370 e. The zero-order valence-corrected chi connectivity index (χ0v) is 13.4. The van der Waals surface area contributed by atoms with Crippen LogP contribution in [-0.4, -0.2) is 11.9 Å². The van der Waals surface area contributed by atoms with E-state index in [2.05, 4.69) is 10.5 Å². The van der Waals surface area contributed by atoms with Crippen LogP contribution in [0.4, 0.5) is 16.2 Å². The van der Waals surface area contributed by atoms with Crippen LogP contribution in [0.3, 0.4) is 0 Å². The lowest BCUT2D eigenvalue weighted by Crippen LogP contribution is -2.52. The number of hydrogen-bond acceptors (Lipinski definition) is 2. The second-order valence-corrected chi connectivity index (χ2v) is 5.47. The van der Waals surface area contributed by atoms with Crippen LogP contribution in [0.15, 0.2) is 96.1 Å². The number of hydrogen-bond donors (Lipinski definition) is 0. The van der Waals surface area contributed by atoms with Crippen LogP contribution in [0.25, 0.3) is 0 Å². The standard InChI is InChI=1S/C20H15N4O/c25-20-23(17-12-6-2-7-13-17)21-19(16-10-4-1-5-11-16)22-24(20)18-14-8-3-9-15-18/h1-15H/i23+1. The molecule has 3 aromatic carbocycles. The third-order valence-electron chi connectivity index (χ3n) is 3.79. The number of rotatable bonds is 3. The van der Waals surface area contributed by atoms with E-state index in [1.165, 1.54) is 10.0 Å². The average Bonchev–Trinajstić information content (AvgIpc) is 2.70. The van der Waals surface area contributed by atoms with Crippen molar-refractivity contribution < 1.29 is 4.79 Å². The van der Waals surface area contributed by atoms with Gasteiger partial charge in [-0.3, -0.25) is 0 Å². The smallest absolute Gasteiger partial charge is 0.244 e. The van der Waals surface area contributed by atoms with E-state index in [4.69, 9.17) is 0 Å². The molecular formula is C20H15N4O. The Morgan fingerprint density at radius 2 is 1.08 bits per heavy atom. The SMILES string of the molecule is O=C1N(c2ccccc2)N=C(c2ccccc2)[N][15N]1c1ccccc1. The summed E-state index contributed by atoms with van der Waals surface area (Å²) >= 11 is 0. The van der Waals surface area contributed by atoms with Gasteiger partial charge in [0.2, 0.25) is 0 Å². The van der Waals surface area contributed by atoms with Crippen molar-refractivity contribution >= 4 is 23.2 Å². The third kappa shape index (κ3) is 2.95. The molecule has 0 aliphatic carbocycles. The van der Waals surface area contributed by atoms with E-state index >= 15 is 0 Å². The Labute approximate surface area is 145 Å². The van der Waals surface area contributed by atoms with Crippen molar-refractivity contribution in [1.29, 1.82) is 0 Å². The topological polar surface area (TPSA) is 50.0 Å². The summed E-state index contributed by atoms with van der Waals surface area (Å²) in [5, 5.41) is 7.23. The maximum absolute atomic E-state index is 13.0. The quantitative estimate of drug-likeness (QED) is 0.670. The molecule has 0 aromatic heterocycles. The first-order valence-corrected chi connectivity index (χ1v) is 7.93. The van der Waals surface area contributed by atoms with Crippen molar-refractivity contribution in [2.45, 2.75) is 0 Å². The maximum atomic E-state index is 13.0. The van der Waals surface area contributed by atoms with Crippen molar-refractivity contribution in [2.24, 2.45) is 5.10 Å². The van der Waals surface area contributed by atoms with Crippen LogP contribution < -0.4 is 15.4 Å². The van der Waals surface area contributed by atoms with Gasteiger partial charge in [-0.1, -0.05) is 66.7 Å². The van der Waals surface area contributed by atoms with Crippen molar-refractivity contribution in [1.82, 2.24) is 5.43 Å². The number of carbonyl (C=O) groups excluding carboxylic acids is 1. The van der Waals surface area contributed by atoms with Gasteiger partial charge in [0, 0.05) is 5.56 Å². The Morgan fingerprint density at radius 3 is 1.64 bits per heavy atom. The second-order valence-electron chi connectivity index (χ2n) is 5.47.